The Morgan fingerprint density at radius 2 is 1.94 bits per heavy atom. The summed E-state index contributed by atoms with van der Waals surface area (Å²) in [6.45, 7) is 4.23. The molecule has 96 valence electrons. The molecule has 3 nitrogen and oxygen atoms in total. The molecule has 0 spiro atoms. The first-order valence-electron chi connectivity index (χ1n) is 6.46. The summed E-state index contributed by atoms with van der Waals surface area (Å²) in [5.41, 5.74) is 10.8. The first-order chi connectivity index (χ1) is 8.61. The van der Waals surface area contributed by atoms with Crippen LogP contribution in [0, 0.1) is 6.92 Å². The van der Waals surface area contributed by atoms with Crippen LogP contribution >= 0.6 is 0 Å². The maximum atomic E-state index is 6.25. The zero-order chi connectivity index (χ0) is 13.1. The topological polar surface area (TPSA) is 43.8 Å². The molecule has 0 fully saturated rings. The molecule has 0 radical (unpaired) electrons. The third kappa shape index (κ3) is 2.62. The summed E-state index contributed by atoms with van der Waals surface area (Å²) >= 11 is 0. The highest BCUT2D eigenvalue weighted by Gasteiger charge is 2.12. The predicted octanol–water partition coefficient (Wildman–Crippen LogP) is 2.73. The van der Waals surface area contributed by atoms with Crippen molar-refractivity contribution in [1.82, 2.24) is 9.78 Å². The van der Waals surface area contributed by atoms with E-state index < -0.39 is 0 Å². The van der Waals surface area contributed by atoms with Crippen molar-refractivity contribution in [2.24, 2.45) is 12.8 Å². The summed E-state index contributed by atoms with van der Waals surface area (Å²) in [7, 11) is 1.94. The number of hydrogen-bond donors (Lipinski definition) is 1. The van der Waals surface area contributed by atoms with Gasteiger partial charge in [0.1, 0.15) is 0 Å². The number of hydrogen-bond acceptors (Lipinski definition) is 2. The summed E-state index contributed by atoms with van der Waals surface area (Å²) in [5.74, 6) is 0. The molecular formula is C15H21N3. The molecule has 1 atom stereocenters. The van der Waals surface area contributed by atoms with Crippen LogP contribution in [0.15, 0.2) is 30.3 Å². The largest absolute Gasteiger partial charge is 0.319 e. The van der Waals surface area contributed by atoms with Crippen LogP contribution in [-0.2, 0) is 13.5 Å². The zero-order valence-corrected chi connectivity index (χ0v) is 11.4. The maximum absolute atomic E-state index is 6.25. The van der Waals surface area contributed by atoms with Gasteiger partial charge in [-0.2, -0.15) is 5.10 Å². The summed E-state index contributed by atoms with van der Waals surface area (Å²) in [5, 5.41) is 4.44. The van der Waals surface area contributed by atoms with Crippen LogP contribution in [0.4, 0.5) is 0 Å². The lowest BCUT2D eigenvalue weighted by Crippen LogP contribution is -2.12. The van der Waals surface area contributed by atoms with Gasteiger partial charge in [0.15, 0.2) is 0 Å². The van der Waals surface area contributed by atoms with E-state index in [9.17, 15) is 0 Å². The molecule has 0 amide bonds. The van der Waals surface area contributed by atoms with Crippen molar-refractivity contribution in [3.8, 4) is 0 Å². The molecule has 1 aromatic heterocycles. The molecule has 1 aromatic carbocycles. The van der Waals surface area contributed by atoms with E-state index in [0.29, 0.717) is 0 Å². The van der Waals surface area contributed by atoms with Crippen LogP contribution in [-0.4, -0.2) is 9.78 Å². The predicted molar refractivity (Wildman–Crippen MR) is 74.4 cm³/mol. The zero-order valence-electron chi connectivity index (χ0n) is 11.4. The van der Waals surface area contributed by atoms with Crippen LogP contribution in [0.2, 0.25) is 0 Å². The lowest BCUT2D eigenvalue weighted by molar-refractivity contribution is 0.700. The molecule has 18 heavy (non-hydrogen) atoms. The van der Waals surface area contributed by atoms with Gasteiger partial charge in [0.05, 0.1) is 11.7 Å². The molecule has 3 heteroatoms. The molecule has 0 bridgehead atoms. The standard InChI is InChI=1S/C15H21N3/c1-4-5-12-6-8-13(9-7-12)15(16)14-10-11(2)18(3)17-14/h6-10,15H,4-5,16H2,1-3H3. The van der Waals surface area contributed by atoms with Crippen LogP contribution in [0.5, 0.6) is 0 Å². The van der Waals surface area contributed by atoms with Crippen molar-refractivity contribution in [2.75, 3.05) is 0 Å². The Bertz CT molecular complexity index is 492. The van der Waals surface area contributed by atoms with Crippen LogP contribution in [0.1, 0.15) is 41.9 Å². The molecule has 0 aliphatic rings. The van der Waals surface area contributed by atoms with Gasteiger partial charge in [0.25, 0.3) is 0 Å². The smallest absolute Gasteiger partial charge is 0.0839 e. The molecule has 1 heterocycles. The Labute approximate surface area is 109 Å². The molecule has 0 aliphatic carbocycles. The fourth-order valence-corrected chi connectivity index (χ4v) is 2.09. The Balaban J connectivity index is 2.20. The second kappa shape index (κ2) is 5.36. The van der Waals surface area contributed by atoms with Crippen LogP contribution < -0.4 is 5.73 Å². The van der Waals surface area contributed by atoms with Crippen molar-refractivity contribution in [3.63, 3.8) is 0 Å². The second-order valence-corrected chi connectivity index (χ2v) is 4.80. The van der Waals surface area contributed by atoms with Crippen molar-refractivity contribution >= 4 is 0 Å². The number of aromatic nitrogens is 2. The van der Waals surface area contributed by atoms with E-state index in [0.717, 1.165) is 23.4 Å². The molecule has 2 N–H and O–H groups in total. The Kier molecular flexibility index (Phi) is 3.82. The number of rotatable bonds is 4. The van der Waals surface area contributed by atoms with E-state index >= 15 is 0 Å². The molecule has 0 aliphatic heterocycles. The van der Waals surface area contributed by atoms with Crippen molar-refractivity contribution in [3.05, 3.63) is 52.8 Å². The minimum atomic E-state index is -0.138. The average Bonchev–Trinajstić information content (AvgIpc) is 2.70. The normalized spacial score (nSPS) is 12.7. The highest BCUT2D eigenvalue weighted by molar-refractivity contribution is 5.30. The monoisotopic (exact) mass is 243 g/mol. The Morgan fingerprint density at radius 1 is 1.28 bits per heavy atom. The quantitative estimate of drug-likeness (QED) is 0.897. The van der Waals surface area contributed by atoms with Crippen molar-refractivity contribution < 1.29 is 0 Å². The van der Waals surface area contributed by atoms with Gasteiger partial charge in [0, 0.05) is 12.7 Å². The molecule has 2 aromatic rings. The first-order valence-corrected chi connectivity index (χ1v) is 6.46. The van der Waals surface area contributed by atoms with Gasteiger partial charge >= 0.3 is 0 Å². The van der Waals surface area contributed by atoms with Gasteiger partial charge in [-0.1, -0.05) is 37.6 Å². The highest BCUT2D eigenvalue weighted by Crippen LogP contribution is 2.19. The minimum Gasteiger partial charge on any atom is -0.319 e. The van der Waals surface area contributed by atoms with Gasteiger partial charge in [-0.05, 0) is 30.5 Å². The van der Waals surface area contributed by atoms with Gasteiger partial charge < -0.3 is 5.73 Å². The highest BCUT2D eigenvalue weighted by atomic mass is 15.3. The average molecular weight is 243 g/mol. The lowest BCUT2D eigenvalue weighted by Gasteiger charge is -2.10. The summed E-state index contributed by atoms with van der Waals surface area (Å²) in [4.78, 5) is 0. The summed E-state index contributed by atoms with van der Waals surface area (Å²) in [6, 6.07) is 10.5. The lowest BCUT2D eigenvalue weighted by atomic mass is 10.0. The number of aryl methyl sites for hydroxylation is 3. The summed E-state index contributed by atoms with van der Waals surface area (Å²) in [6.07, 6.45) is 2.29. The van der Waals surface area contributed by atoms with E-state index in [1.165, 1.54) is 12.0 Å². The van der Waals surface area contributed by atoms with Crippen LogP contribution in [0.3, 0.4) is 0 Å². The number of nitrogens with two attached hydrogens (primary N) is 1. The van der Waals surface area contributed by atoms with Gasteiger partial charge in [-0.3, -0.25) is 4.68 Å². The Hall–Kier alpha value is -1.61. The van der Waals surface area contributed by atoms with E-state index in [4.69, 9.17) is 5.73 Å². The van der Waals surface area contributed by atoms with Gasteiger partial charge in [0.2, 0.25) is 0 Å². The van der Waals surface area contributed by atoms with Crippen LogP contribution in [0.25, 0.3) is 0 Å². The molecule has 1 unspecified atom stereocenters. The summed E-state index contributed by atoms with van der Waals surface area (Å²) < 4.78 is 1.86. The Morgan fingerprint density at radius 3 is 2.44 bits per heavy atom. The van der Waals surface area contributed by atoms with E-state index in [2.05, 4.69) is 36.3 Å². The van der Waals surface area contributed by atoms with E-state index in [-0.39, 0.29) is 6.04 Å². The molecule has 0 saturated carbocycles. The van der Waals surface area contributed by atoms with E-state index in [1.54, 1.807) is 0 Å². The SMILES string of the molecule is CCCc1ccc(C(N)c2cc(C)n(C)n2)cc1. The van der Waals surface area contributed by atoms with Gasteiger partial charge in [-0.25, -0.2) is 0 Å². The molecule has 0 saturated heterocycles. The van der Waals surface area contributed by atoms with Crippen molar-refractivity contribution in [2.45, 2.75) is 32.7 Å². The number of nitrogens with zero attached hydrogens (tertiary/aromatic N) is 2. The first kappa shape index (κ1) is 12.8. The third-order valence-electron chi connectivity index (χ3n) is 3.33. The minimum absolute atomic E-state index is 0.138. The van der Waals surface area contributed by atoms with E-state index in [1.807, 2.05) is 24.7 Å². The maximum Gasteiger partial charge on any atom is 0.0839 e. The fourth-order valence-electron chi connectivity index (χ4n) is 2.09. The third-order valence-corrected chi connectivity index (χ3v) is 3.33. The molecular weight excluding hydrogens is 222 g/mol. The fraction of sp³-hybridized carbons (Fsp3) is 0.400. The van der Waals surface area contributed by atoms with Crippen molar-refractivity contribution in [1.29, 1.82) is 0 Å². The van der Waals surface area contributed by atoms with Gasteiger partial charge in [-0.15, -0.1) is 0 Å². The number of benzene rings is 1. The second-order valence-electron chi connectivity index (χ2n) is 4.80. The molecule has 2 rings (SSSR count).